The number of aromatic carboxylic acids is 1. The van der Waals surface area contributed by atoms with Crippen molar-refractivity contribution in [1.82, 2.24) is 0 Å². The van der Waals surface area contributed by atoms with Gasteiger partial charge in [0, 0.05) is 18.9 Å². The third-order valence-electron chi connectivity index (χ3n) is 4.16. The lowest BCUT2D eigenvalue weighted by atomic mass is 9.84. The molecule has 0 saturated heterocycles. The molecule has 2 N–H and O–H groups in total. The first-order chi connectivity index (χ1) is 10.5. The average Bonchev–Trinajstić information content (AvgIpc) is 2.55. The van der Waals surface area contributed by atoms with E-state index in [9.17, 15) is 9.59 Å². The third-order valence-corrected chi connectivity index (χ3v) is 4.16. The van der Waals surface area contributed by atoms with E-state index in [1.807, 2.05) is 0 Å². The quantitative estimate of drug-likeness (QED) is 0.873. The van der Waals surface area contributed by atoms with Gasteiger partial charge in [0.25, 0.3) is 5.91 Å². The molecule has 2 rings (SSSR count). The molecule has 1 aromatic carbocycles. The third kappa shape index (κ3) is 3.22. The van der Waals surface area contributed by atoms with E-state index in [0.29, 0.717) is 18.5 Å². The van der Waals surface area contributed by atoms with Crippen LogP contribution in [0.1, 0.15) is 42.5 Å². The van der Waals surface area contributed by atoms with E-state index in [4.69, 9.17) is 14.6 Å². The minimum atomic E-state index is -1.07. The predicted molar refractivity (Wildman–Crippen MR) is 81.4 cm³/mol. The second-order valence-electron chi connectivity index (χ2n) is 5.43. The number of methoxy groups -OCH3 is 2. The highest BCUT2D eigenvalue weighted by Gasteiger charge is 2.39. The normalized spacial score (nSPS) is 16.8. The van der Waals surface area contributed by atoms with Gasteiger partial charge in [-0.15, -0.1) is 0 Å². The van der Waals surface area contributed by atoms with Gasteiger partial charge in [-0.3, -0.25) is 4.79 Å². The number of hydrogen-bond acceptors (Lipinski definition) is 4. The number of carbonyl (C=O) groups excluding carboxylic acids is 1. The van der Waals surface area contributed by atoms with Crippen LogP contribution in [0, 0.1) is 0 Å². The number of nitrogens with one attached hydrogen (secondary N) is 1. The van der Waals surface area contributed by atoms with Crippen LogP contribution in [0.2, 0.25) is 0 Å². The van der Waals surface area contributed by atoms with Crippen molar-refractivity contribution in [3.05, 3.63) is 23.8 Å². The summed E-state index contributed by atoms with van der Waals surface area (Å²) < 4.78 is 10.6. The van der Waals surface area contributed by atoms with Crippen molar-refractivity contribution in [3.8, 4) is 5.75 Å². The first-order valence-electron chi connectivity index (χ1n) is 7.30. The molecule has 6 nitrogen and oxygen atoms in total. The minimum absolute atomic E-state index is 0.0552. The Bertz CT molecular complexity index is 564. The zero-order valence-electron chi connectivity index (χ0n) is 12.8. The summed E-state index contributed by atoms with van der Waals surface area (Å²) in [5.74, 6) is -1.06. The average molecular weight is 307 g/mol. The van der Waals surface area contributed by atoms with Crippen LogP contribution in [0.15, 0.2) is 18.2 Å². The van der Waals surface area contributed by atoms with Crippen molar-refractivity contribution in [2.24, 2.45) is 0 Å². The van der Waals surface area contributed by atoms with Gasteiger partial charge in [-0.05, 0) is 25.0 Å². The molecule has 0 aliphatic heterocycles. The Balaban J connectivity index is 2.19. The van der Waals surface area contributed by atoms with Crippen LogP contribution in [0.5, 0.6) is 5.75 Å². The summed E-state index contributed by atoms with van der Waals surface area (Å²) in [6.07, 6.45) is 4.42. The first-order valence-corrected chi connectivity index (χ1v) is 7.30. The summed E-state index contributed by atoms with van der Waals surface area (Å²) in [5.41, 5.74) is -0.245. The smallest absolute Gasteiger partial charge is 0.339 e. The van der Waals surface area contributed by atoms with E-state index in [2.05, 4.69) is 5.32 Å². The Labute approximate surface area is 129 Å². The summed E-state index contributed by atoms with van der Waals surface area (Å²) in [4.78, 5) is 23.6. The minimum Gasteiger partial charge on any atom is -0.496 e. The Morgan fingerprint density at radius 1 is 1.18 bits per heavy atom. The van der Waals surface area contributed by atoms with Gasteiger partial charge in [0.15, 0.2) is 0 Å². The molecule has 0 heterocycles. The molecule has 1 fully saturated rings. The molecule has 22 heavy (non-hydrogen) atoms. The molecule has 0 radical (unpaired) electrons. The highest BCUT2D eigenvalue weighted by Crippen LogP contribution is 2.33. The molecule has 1 aromatic rings. The number of benzene rings is 1. The fraction of sp³-hybridized carbons (Fsp3) is 0.500. The lowest BCUT2D eigenvalue weighted by Gasteiger charge is -2.34. The fourth-order valence-corrected chi connectivity index (χ4v) is 2.84. The van der Waals surface area contributed by atoms with Crippen LogP contribution < -0.4 is 10.1 Å². The van der Waals surface area contributed by atoms with Crippen LogP contribution in [-0.4, -0.2) is 36.8 Å². The van der Waals surface area contributed by atoms with Gasteiger partial charge in [0.05, 0.1) is 7.11 Å². The van der Waals surface area contributed by atoms with Gasteiger partial charge in [0.2, 0.25) is 0 Å². The highest BCUT2D eigenvalue weighted by molar-refractivity contribution is 5.98. The van der Waals surface area contributed by atoms with Gasteiger partial charge >= 0.3 is 5.97 Å². The molecule has 1 aliphatic carbocycles. The maximum atomic E-state index is 12.5. The number of rotatable bonds is 5. The molecule has 0 atom stereocenters. The summed E-state index contributed by atoms with van der Waals surface area (Å²) in [7, 11) is 2.95. The van der Waals surface area contributed by atoms with Crippen LogP contribution in [0.4, 0.5) is 5.69 Å². The number of carboxylic acid groups (broad SMARTS) is 1. The topological polar surface area (TPSA) is 84.9 Å². The van der Waals surface area contributed by atoms with Crippen molar-refractivity contribution in [1.29, 1.82) is 0 Å². The summed E-state index contributed by atoms with van der Waals surface area (Å²) >= 11 is 0. The second kappa shape index (κ2) is 6.79. The molecule has 0 bridgehead atoms. The summed E-state index contributed by atoms with van der Waals surface area (Å²) in [6.45, 7) is 0. The van der Waals surface area contributed by atoms with Crippen molar-refractivity contribution in [3.63, 3.8) is 0 Å². The molecular formula is C16H21NO5. The van der Waals surface area contributed by atoms with E-state index >= 15 is 0 Å². The monoisotopic (exact) mass is 307 g/mol. The molecule has 1 aliphatic rings. The van der Waals surface area contributed by atoms with Crippen molar-refractivity contribution < 1.29 is 24.2 Å². The van der Waals surface area contributed by atoms with Crippen LogP contribution in [0.3, 0.4) is 0 Å². The molecular weight excluding hydrogens is 286 g/mol. The number of anilines is 1. The zero-order valence-corrected chi connectivity index (χ0v) is 12.8. The molecule has 6 heteroatoms. The summed E-state index contributed by atoms with van der Waals surface area (Å²) in [5, 5.41) is 11.9. The number of amides is 1. The molecule has 1 amide bonds. The van der Waals surface area contributed by atoms with Crippen molar-refractivity contribution in [2.75, 3.05) is 19.5 Å². The largest absolute Gasteiger partial charge is 0.496 e. The molecule has 0 aromatic heterocycles. The van der Waals surface area contributed by atoms with Gasteiger partial charge in [-0.2, -0.15) is 0 Å². The van der Waals surface area contributed by atoms with Crippen molar-refractivity contribution in [2.45, 2.75) is 37.7 Å². The maximum absolute atomic E-state index is 12.5. The standard InChI is InChI=1S/C16H21NO5/c1-21-13-10-11(6-7-12(13)14(18)19)17-15(20)16(22-2)8-4-3-5-9-16/h6-7,10H,3-5,8-9H2,1-2H3,(H,17,20)(H,18,19). The second-order valence-corrected chi connectivity index (χ2v) is 5.43. The first kappa shape index (κ1) is 16.3. The maximum Gasteiger partial charge on any atom is 0.339 e. The van der Waals surface area contributed by atoms with E-state index in [1.165, 1.54) is 19.2 Å². The Morgan fingerprint density at radius 3 is 2.41 bits per heavy atom. The van der Waals surface area contributed by atoms with Gasteiger partial charge in [0.1, 0.15) is 16.9 Å². The molecule has 120 valence electrons. The van der Waals surface area contributed by atoms with E-state index in [0.717, 1.165) is 19.3 Å². The van der Waals surface area contributed by atoms with Crippen LogP contribution in [0.25, 0.3) is 0 Å². The van der Waals surface area contributed by atoms with Crippen molar-refractivity contribution >= 4 is 17.6 Å². The number of carboxylic acids is 1. The predicted octanol–water partition coefficient (Wildman–Crippen LogP) is 2.68. The van der Waals surface area contributed by atoms with Gasteiger partial charge in [-0.25, -0.2) is 4.79 Å². The Morgan fingerprint density at radius 2 is 1.86 bits per heavy atom. The van der Waals surface area contributed by atoms with E-state index in [1.54, 1.807) is 13.2 Å². The van der Waals surface area contributed by atoms with E-state index < -0.39 is 11.6 Å². The van der Waals surface area contributed by atoms with Gasteiger partial charge < -0.3 is 19.9 Å². The fourth-order valence-electron chi connectivity index (χ4n) is 2.84. The molecule has 0 spiro atoms. The number of carbonyl (C=O) groups is 2. The SMILES string of the molecule is COc1cc(NC(=O)C2(OC)CCCCC2)ccc1C(=O)O. The highest BCUT2D eigenvalue weighted by atomic mass is 16.5. The molecule has 1 saturated carbocycles. The Hall–Kier alpha value is -2.08. The van der Waals surface area contributed by atoms with E-state index in [-0.39, 0.29) is 17.2 Å². The Kier molecular flexibility index (Phi) is 5.03. The van der Waals surface area contributed by atoms with Gasteiger partial charge in [-0.1, -0.05) is 19.3 Å². The summed E-state index contributed by atoms with van der Waals surface area (Å²) in [6, 6.07) is 4.47. The van der Waals surface area contributed by atoms with Crippen LogP contribution in [-0.2, 0) is 9.53 Å². The number of hydrogen-bond donors (Lipinski definition) is 2. The lowest BCUT2D eigenvalue weighted by molar-refractivity contribution is -0.141. The van der Waals surface area contributed by atoms with Crippen LogP contribution >= 0.6 is 0 Å². The zero-order chi connectivity index (χ0) is 16.2. The number of ether oxygens (including phenoxy) is 2. The lowest BCUT2D eigenvalue weighted by Crippen LogP contribution is -2.46. The molecule has 0 unspecified atom stereocenters.